The van der Waals surface area contributed by atoms with Gasteiger partial charge in [-0.2, -0.15) is 0 Å². The zero-order chi connectivity index (χ0) is 85.2. The maximum absolute atomic E-state index is 14.7. The number of nitrogens with one attached hydrogen (secondary N) is 15. The molecule has 0 fully saturated rings. The van der Waals surface area contributed by atoms with E-state index in [2.05, 4.69) is 47.5 Å². The Balaban J connectivity index is 2.49. The topological polar surface area (TPSA) is 798 Å². The van der Waals surface area contributed by atoms with E-state index in [9.17, 15) is 127 Å². The van der Waals surface area contributed by atoms with Gasteiger partial charge >= 0.3 is 29.8 Å². The minimum absolute atomic E-state index is 0.0501. The van der Waals surface area contributed by atoms with Gasteiger partial charge in [0.15, 0.2) is 5.96 Å². The van der Waals surface area contributed by atoms with Crippen molar-refractivity contribution in [2.24, 2.45) is 28.7 Å². The number of H-pyrrole nitrogens is 1. The van der Waals surface area contributed by atoms with E-state index in [0.29, 0.717) is 42.1 Å². The number of aliphatic hydroxyl groups is 4. The van der Waals surface area contributed by atoms with Crippen LogP contribution in [0.3, 0.4) is 0 Å². The number of para-hydroxylation sites is 1. The lowest BCUT2D eigenvalue weighted by molar-refractivity contribution is -0.143. The Kier molecular flexibility index (Phi) is 44.4. The van der Waals surface area contributed by atoms with Crippen LogP contribution in [0, 0.1) is 5.41 Å². The SMILES string of the molecule is C[C@@H](O)[C@H](NC(=O)[C@H](CO)NC(=O)[C@H](CC(=O)O)NC(=O)[C@H](CCC(=O)O)NC(=O)[C@H](CO)NC(=O)[C@@H](NC(=O)[C@H](CCC(=O)O)NC(=O)[C@H](CC(=O)O)NC(=O)[C@@H](N)CCCCN)[C@@H](C)O)C(=O)N[C@@H](Cc1c[nH]c2ccccc12)C(=O)N[C@@H](CCCCN)C(=O)N[C@@H](CCCCN)C(=O)N[C@@H](CCCNC(=N)N)C(=O)O. The smallest absolute Gasteiger partial charge is 0.326 e. The number of rotatable bonds is 57. The highest BCUT2D eigenvalue weighted by molar-refractivity contribution is 6.01. The van der Waals surface area contributed by atoms with Crippen LogP contribution < -0.4 is 97.8 Å². The van der Waals surface area contributed by atoms with Crippen molar-refractivity contribution < 1.29 is 127 Å². The van der Waals surface area contributed by atoms with Crippen LogP contribution in [-0.4, -0.2) is 288 Å². The molecule has 0 radical (unpaired) electrons. The summed E-state index contributed by atoms with van der Waals surface area (Å²) in [6.45, 7) is -0.152. The van der Waals surface area contributed by atoms with Crippen LogP contribution >= 0.6 is 0 Å². The summed E-state index contributed by atoms with van der Waals surface area (Å²) in [4.78, 5) is 230. The van der Waals surface area contributed by atoms with Crippen molar-refractivity contribution >= 4 is 118 Å². The molecule has 0 bridgehead atoms. The van der Waals surface area contributed by atoms with Gasteiger partial charge in [0, 0.05) is 42.9 Å². The molecule has 0 saturated heterocycles. The number of fused-ring (bicyclic) bond motifs is 1. The molecule has 0 aliphatic heterocycles. The Labute approximate surface area is 646 Å². The van der Waals surface area contributed by atoms with E-state index >= 15 is 0 Å². The van der Waals surface area contributed by atoms with Gasteiger partial charge in [-0.1, -0.05) is 24.6 Å². The van der Waals surface area contributed by atoms with Crippen molar-refractivity contribution in [2.45, 2.75) is 220 Å². The summed E-state index contributed by atoms with van der Waals surface area (Å²) >= 11 is 0. The number of carbonyl (C=O) groups excluding carboxylic acids is 12. The number of nitrogens with two attached hydrogens (primary N) is 5. The van der Waals surface area contributed by atoms with Crippen LogP contribution in [0.25, 0.3) is 10.9 Å². The predicted octanol–water partition coefficient (Wildman–Crippen LogP) is -9.98. The Bertz CT molecular complexity index is 3580. The Morgan fingerprint density at radius 3 is 1.15 bits per heavy atom. The third-order valence-corrected chi connectivity index (χ3v) is 17.1. The van der Waals surface area contributed by atoms with E-state index in [1.165, 1.54) is 6.20 Å². The van der Waals surface area contributed by atoms with Crippen molar-refractivity contribution in [3.8, 4) is 0 Å². The van der Waals surface area contributed by atoms with Crippen LogP contribution in [0.5, 0.6) is 0 Å². The summed E-state index contributed by atoms with van der Waals surface area (Å²) in [5.74, 6) is -23.9. The number of carbonyl (C=O) groups is 17. The molecule has 0 unspecified atom stereocenters. The summed E-state index contributed by atoms with van der Waals surface area (Å²) in [6.07, 6.45) is -6.71. The molecule has 113 heavy (non-hydrogen) atoms. The van der Waals surface area contributed by atoms with E-state index in [4.69, 9.17) is 34.1 Å². The minimum atomic E-state index is -2.31. The maximum Gasteiger partial charge on any atom is 0.326 e. The molecule has 1 aromatic carbocycles. The number of guanidine groups is 1. The molecule has 0 spiro atoms. The van der Waals surface area contributed by atoms with Crippen molar-refractivity contribution in [3.63, 3.8) is 0 Å². The van der Waals surface area contributed by atoms with Crippen LogP contribution in [0.15, 0.2) is 30.5 Å². The summed E-state index contributed by atoms with van der Waals surface area (Å²) in [7, 11) is 0. The molecule has 0 saturated carbocycles. The predicted molar refractivity (Wildman–Crippen MR) is 394 cm³/mol. The number of aliphatic hydroxyl groups excluding tert-OH is 4. The van der Waals surface area contributed by atoms with Crippen molar-refractivity contribution in [3.05, 3.63) is 36.0 Å². The lowest BCUT2D eigenvalue weighted by Crippen LogP contribution is -2.63. The highest BCUT2D eigenvalue weighted by atomic mass is 16.4. The number of benzene rings is 1. The average molecular weight is 1610 g/mol. The second kappa shape index (κ2) is 51.3. The first kappa shape index (κ1) is 97.8. The molecule has 1 aromatic heterocycles. The summed E-state index contributed by atoms with van der Waals surface area (Å²) in [6, 6.07) is -17.6. The summed E-state index contributed by atoms with van der Waals surface area (Å²) < 4.78 is 0. The average Bonchev–Trinajstić information content (AvgIpc) is 1.73. The van der Waals surface area contributed by atoms with Crippen LogP contribution in [-0.2, 0) is 87.9 Å². The highest BCUT2D eigenvalue weighted by Gasteiger charge is 2.40. The van der Waals surface area contributed by atoms with Crippen LogP contribution in [0.4, 0.5) is 0 Å². The Morgan fingerprint density at radius 2 is 0.743 bits per heavy atom. The van der Waals surface area contributed by atoms with Gasteiger partial charge in [-0.05, 0) is 122 Å². The first-order valence-corrected chi connectivity index (χ1v) is 36.1. The van der Waals surface area contributed by atoms with E-state index < -0.39 is 243 Å². The number of aliphatic carboxylic acids is 5. The molecule has 2 aromatic rings. The molecule has 2 rings (SSSR count). The fourth-order valence-corrected chi connectivity index (χ4v) is 10.9. The second-order valence-electron chi connectivity index (χ2n) is 26.3. The second-order valence-corrected chi connectivity index (χ2v) is 26.3. The first-order valence-electron chi connectivity index (χ1n) is 36.1. The van der Waals surface area contributed by atoms with Gasteiger partial charge in [-0.25, -0.2) is 4.79 Å². The molecule has 12 amide bonds. The highest BCUT2D eigenvalue weighted by Crippen LogP contribution is 2.20. The van der Waals surface area contributed by atoms with Crippen molar-refractivity contribution in [1.82, 2.24) is 74.1 Å². The van der Waals surface area contributed by atoms with E-state index in [1.807, 2.05) is 26.6 Å². The van der Waals surface area contributed by atoms with Crippen LogP contribution in [0.1, 0.15) is 129 Å². The normalized spacial score (nSPS) is 15.1. The van der Waals surface area contributed by atoms with E-state index in [1.54, 1.807) is 24.3 Å². The Hall–Kier alpha value is -11.3. The fraction of sp³-hybridized carbons (Fsp3) is 0.612. The summed E-state index contributed by atoms with van der Waals surface area (Å²) in [5, 5.41) is 128. The lowest BCUT2D eigenvalue weighted by atomic mass is 10.0. The largest absolute Gasteiger partial charge is 0.481 e. The zero-order valence-electron chi connectivity index (χ0n) is 62.4. The zero-order valence-corrected chi connectivity index (χ0v) is 62.4. The number of amides is 12. The molecular weight excluding hydrogens is 1500 g/mol. The lowest BCUT2D eigenvalue weighted by Gasteiger charge is -2.28. The van der Waals surface area contributed by atoms with Crippen molar-refractivity contribution in [1.29, 1.82) is 5.41 Å². The monoisotopic (exact) mass is 1610 g/mol. The third kappa shape index (κ3) is 36.2. The maximum atomic E-state index is 14.7. The molecule has 34 N–H and O–H groups in total. The number of hydrogen-bond donors (Lipinski definition) is 29. The van der Waals surface area contributed by atoms with Crippen molar-refractivity contribution in [2.75, 3.05) is 39.4 Å². The van der Waals surface area contributed by atoms with Gasteiger partial charge < -0.3 is 149 Å². The molecule has 15 atom stereocenters. The van der Waals surface area contributed by atoms with E-state index in [-0.39, 0.29) is 83.5 Å². The number of aromatic nitrogens is 1. The quantitative estimate of drug-likeness (QED) is 0.0166. The van der Waals surface area contributed by atoms with Crippen LogP contribution in [0.2, 0.25) is 0 Å². The Morgan fingerprint density at radius 1 is 0.407 bits per heavy atom. The van der Waals surface area contributed by atoms with Gasteiger partial charge in [0.05, 0.1) is 44.3 Å². The van der Waals surface area contributed by atoms with Gasteiger partial charge in [0.2, 0.25) is 70.9 Å². The number of aromatic amines is 1. The molecule has 46 heteroatoms. The number of carboxylic acids is 5. The van der Waals surface area contributed by atoms with E-state index in [0.717, 1.165) is 13.8 Å². The molecule has 0 aliphatic rings. The number of hydrogen-bond acceptors (Lipinski definition) is 26. The molecule has 1 heterocycles. The first-order chi connectivity index (χ1) is 53.3. The number of carboxylic acid groups (broad SMARTS) is 5. The van der Waals surface area contributed by atoms with Gasteiger partial charge in [-0.3, -0.25) is 82.1 Å². The number of unbranched alkanes of at least 4 members (excludes halogenated alkanes) is 3. The van der Waals surface area contributed by atoms with Gasteiger partial charge in [0.1, 0.15) is 72.5 Å². The molecular formula is C67H108N20O26. The van der Waals surface area contributed by atoms with Gasteiger partial charge in [-0.15, -0.1) is 0 Å². The van der Waals surface area contributed by atoms with Gasteiger partial charge in [0.25, 0.3) is 0 Å². The fourth-order valence-electron chi connectivity index (χ4n) is 10.9. The minimum Gasteiger partial charge on any atom is -0.481 e. The molecule has 46 nitrogen and oxygen atoms in total. The molecule has 0 aliphatic carbocycles. The molecule has 632 valence electrons. The summed E-state index contributed by atoms with van der Waals surface area (Å²) in [5.41, 5.74) is 29.1. The third-order valence-electron chi connectivity index (χ3n) is 17.1. The standard InChI is InChI=1S/C67H108N20O26/c1-32(90)52(64(110)83-43(26-34-29-75-37-14-4-3-12-35(34)37)59(105)77-38(15-6-9-23-69)55(101)76-39(16-7-10-24-70)56(102)80-42(66(112)113)17-11-25-74-67(72)73)87-63(109)47(31-89)84-61(107)45(28-51(98)99)82-57(103)40(18-20-48(92)93)79-62(108)46(30-88)85-65(111)53(33(2)91)86-58(104)41(19-21-49(94)95)78-60(106)44(27-50(96)97)81-54(100)36(71)13-5-8-22-68/h3-4,12,14,29,32-33,36,38-47,52-53,75,88-91H,5-11,13,15-28,30-31,68-71H2,1-2H3,(H,76,101)(H,77,105)(H,78,106)(H,79,108)(H,80,102)(H,81,100)(H,82,103)(H,83,110)(H,84,107)(H,85,111)(H,86,104)(H,87,109)(H,92,93)(H,94,95)(H,96,97)(H,98,99)(H,112,113)(H4,72,73,74)/t32-,33-,36+,38+,39+,40+,41+,42+,43+,44+,45+,46+,47+,52+,53+/m1/s1.